The van der Waals surface area contributed by atoms with Gasteiger partial charge in [0.2, 0.25) is 5.28 Å². The number of aliphatic carboxylic acids is 1. The number of nitrogens with zero attached hydrogens (tertiary/aromatic N) is 5. The van der Waals surface area contributed by atoms with E-state index in [0.29, 0.717) is 26.3 Å². The number of aliphatic hydroxyl groups is 1. The fourth-order valence-electron chi connectivity index (χ4n) is 5.67. The molecule has 1 saturated carbocycles. The van der Waals surface area contributed by atoms with Gasteiger partial charge >= 0.3 is 18.3 Å². The summed E-state index contributed by atoms with van der Waals surface area (Å²) in [5, 5.41) is 21.4. The minimum absolute atomic E-state index is 0.0118. The van der Waals surface area contributed by atoms with Gasteiger partial charge in [-0.15, -0.1) is 13.2 Å². The molecule has 20 heteroatoms. The second kappa shape index (κ2) is 12.3. The Morgan fingerprint density at radius 1 is 1.21 bits per heavy atom. The monoisotopic (exact) mass is 690 g/mol. The van der Waals surface area contributed by atoms with Crippen molar-refractivity contribution in [3.8, 4) is 5.75 Å². The zero-order chi connectivity index (χ0) is 33.7. The molecule has 47 heavy (non-hydrogen) atoms. The van der Waals surface area contributed by atoms with Gasteiger partial charge in [0.25, 0.3) is 5.60 Å². The molecule has 2 aliphatic heterocycles. The molecule has 254 valence electrons. The third-order valence-corrected chi connectivity index (χ3v) is 8.25. The smallest absolute Gasteiger partial charge is 0.479 e. The molecule has 2 saturated heterocycles. The molecule has 1 aliphatic carbocycles. The summed E-state index contributed by atoms with van der Waals surface area (Å²) in [7, 11) is 0. The third kappa shape index (κ3) is 6.25. The van der Waals surface area contributed by atoms with Gasteiger partial charge in [0, 0.05) is 26.1 Å². The van der Waals surface area contributed by atoms with Crippen molar-refractivity contribution in [2.75, 3.05) is 45.2 Å². The van der Waals surface area contributed by atoms with Crippen LogP contribution in [-0.4, -0.2) is 122 Å². The van der Waals surface area contributed by atoms with Crippen LogP contribution in [0.3, 0.4) is 0 Å². The molecule has 1 aromatic carbocycles. The predicted molar refractivity (Wildman–Crippen MR) is 149 cm³/mol. The molecule has 0 radical (unpaired) electrons. The Kier molecular flexibility index (Phi) is 8.64. The number of halogens is 5. The number of carbonyl (C=O) groups excluding carboxylic acids is 1. The maximum atomic E-state index is 16.0. The Labute approximate surface area is 267 Å². The summed E-state index contributed by atoms with van der Waals surface area (Å²) in [4.78, 5) is 40.1. The molecular weight excluding hydrogens is 664 g/mol. The first kappa shape index (κ1) is 33.0. The number of hydrogen-bond acceptors (Lipinski definition) is 13. The van der Waals surface area contributed by atoms with E-state index in [4.69, 9.17) is 36.3 Å². The number of aromatic nitrogens is 4. The minimum atomic E-state index is -5.06. The SMILES string of the molecule is Nc1nc(Cl)nc2c1ncn2[C@@H]1O[C@@H]2C(OC(Cc3cccc(OC(F)(F)F)c3)(C(=O)O)C(=O)OCCN3CCOCC3)[C@]2(O)[C@@H]1F. The average Bonchev–Trinajstić information content (AvgIpc) is 3.23. The van der Waals surface area contributed by atoms with Gasteiger partial charge in [-0.25, -0.2) is 19.0 Å². The van der Waals surface area contributed by atoms with Crippen molar-refractivity contribution in [3.63, 3.8) is 0 Å². The first-order valence-electron chi connectivity index (χ1n) is 14.1. The second-order valence-electron chi connectivity index (χ2n) is 11.1. The van der Waals surface area contributed by atoms with E-state index in [2.05, 4.69) is 19.7 Å². The van der Waals surface area contributed by atoms with E-state index < -0.39 is 66.3 Å². The number of nitrogens with two attached hydrogens (primary N) is 1. The lowest BCUT2D eigenvalue weighted by Gasteiger charge is -2.31. The highest BCUT2D eigenvalue weighted by atomic mass is 35.5. The summed E-state index contributed by atoms with van der Waals surface area (Å²) in [6, 6.07) is 4.23. The van der Waals surface area contributed by atoms with Crippen molar-refractivity contribution < 1.29 is 61.0 Å². The Morgan fingerprint density at radius 3 is 2.62 bits per heavy atom. The summed E-state index contributed by atoms with van der Waals surface area (Å²) in [5.41, 5.74) is 0.324. The van der Waals surface area contributed by atoms with Gasteiger partial charge in [0.1, 0.15) is 30.1 Å². The van der Waals surface area contributed by atoms with Gasteiger partial charge in [-0.05, 0) is 29.3 Å². The second-order valence-corrected chi connectivity index (χ2v) is 11.4. The van der Waals surface area contributed by atoms with Crippen molar-refractivity contribution in [2.24, 2.45) is 0 Å². The molecule has 0 amide bonds. The third-order valence-electron chi connectivity index (χ3n) is 8.08. The van der Waals surface area contributed by atoms with Crippen molar-refractivity contribution in [1.29, 1.82) is 0 Å². The van der Waals surface area contributed by atoms with Crippen LogP contribution in [0.1, 0.15) is 11.8 Å². The Hall–Kier alpha value is -3.88. The first-order chi connectivity index (χ1) is 22.2. The van der Waals surface area contributed by atoms with Gasteiger partial charge in [-0.2, -0.15) is 9.97 Å². The summed E-state index contributed by atoms with van der Waals surface area (Å²) in [5.74, 6) is -4.12. The lowest BCUT2D eigenvalue weighted by Crippen LogP contribution is -2.54. The molecule has 3 aliphatic rings. The number of alkyl halides is 4. The Balaban J connectivity index is 1.26. The maximum absolute atomic E-state index is 16.0. The van der Waals surface area contributed by atoms with Crippen LogP contribution in [0.25, 0.3) is 11.2 Å². The fraction of sp³-hybridized carbons (Fsp3) is 0.519. The maximum Gasteiger partial charge on any atom is 0.573 e. The van der Waals surface area contributed by atoms with Crippen LogP contribution in [0, 0.1) is 0 Å². The van der Waals surface area contributed by atoms with Gasteiger partial charge in [0.15, 0.2) is 29.5 Å². The van der Waals surface area contributed by atoms with E-state index in [1.807, 2.05) is 4.90 Å². The minimum Gasteiger partial charge on any atom is -0.479 e. The van der Waals surface area contributed by atoms with Crippen molar-refractivity contribution in [2.45, 2.75) is 48.6 Å². The zero-order valence-electron chi connectivity index (χ0n) is 24.1. The molecule has 3 fully saturated rings. The van der Waals surface area contributed by atoms with Gasteiger partial charge in [-0.1, -0.05) is 12.1 Å². The topological polar surface area (TPSA) is 194 Å². The van der Waals surface area contributed by atoms with E-state index in [-0.39, 0.29) is 41.0 Å². The summed E-state index contributed by atoms with van der Waals surface area (Å²) < 4.78 is 81.6. The van der Waals surface area contributed by atoms with Crippen LogP contribution in [-0.2, 0) is 35.0 Å². The van der Waals surface area contributed by atoms with Crippen molar-refractivity contribution in [3.05, 3.63) is 41.4 Å². The molecule has 0 spiro atoms. The molecular formula is C27H27ClF4N6O9. The zero-order valence-corrected chi connectivity index (χ0v) is 24.9. The largest absolute Gasteiger partial charge is 0.573 e. The van der Waals surface area contributed by atoms with E-state index in [0.717, 1.165) is 29.1 Å². The highest BCUT2D eigenvalue weighted by Gasteiger charge is 2.80. The first-order valence-corrected chi connectivity index (χ1v) is 14.5. The number of benzene rings is 1. The number of morpholine rings is 1. The van der Waals surface area contributed by atoms with Crippen molar-refractivity contribution >= 4 is 40.5 Å². The normalized spacial score (nSPS) is 27.3. The summed E-state index contributed by atoms with van der Waals surface area (Å²) in [6.45, 7) is 1.90. The molecule has 4 heterocycles. The van der Waals surface area contributed by atoms with Gasteiger partial charge in [-0.3, -0.25) is 9.47 Å². The van der Waals surface area contributed by atoms with E-state index in [1.54, 1.807) is 0 Å². The number of carbonyl (C=O) groups is 2. The number of rotatable bonds is 11. The molecule has 2 aromatic heterocycles. The van der Waals surface area contributed by atoms with Crippen LogP contribution >= 0.6 is 11.6 Å². The number of carboxylic acids is 1. The van der Waals surface area contributed by atoms with E-state index in [1.165, 1.54) is 6.07 Å². The number of nitrogen functional groups attached to an aromatic ring is 1. The number of esters is 1. The molecule has 0 bridgehead atoms. The van der Waals surface area contributed by atoms with E-state index >= 15 is 4.39 Å². The van der Waals surface area contributed by atoms with Crippen LogP contribution in [0.4, 0.5) is 23.4 Å². The number of anilines is 1. The number of fused-ring (bicyclic) bond motifs is 2. The molecule has 2 unspecified atom stereocenters. The van der Waals surface area contributed by atoms with E-state index in [9.17, 15) is 33.0 Å². The Bertz CT molecular complexity index is 1680. The van der Waals surface area contributed by atoms with Gasteiger partial charge < -0.3 is 39.6 Å². The van der Waals surface area contributed by atoms with Crippen LogP contribution in [0.5, 0.6) is 5.75 Å². The van der Waals surface area contributed by atoms with Crippen LogP contribution in [0.2, 0.25) is 5.28 Å². The fourth-order valence-corrected chi connectivity index (χ4v) is 5.84. The summed E-state index contributed by atoms with van der Waals surface area (Å²) >= 11 is 5.89. The molecule has 15 nitrogen and oxygen atoms in total. The highest BCUT2D eigenvalue weighted by molar-refractivity contribution is 6.28. The number of ether oxygens (including phenoxy) is 5. The van der Waals surface area contributed by atoms with Gasteiger partial charge in [0.05, 0.1) is 19.5 Å². The lowest BCUT2D eigenvalue weighted by molar-refractivity contribution is -0.274. The molecule has 4 N–H and O–H groups in total. The number of imidazole rings is 1. The van der Waals surface area contributed by atoms with Crippen LogP contribution in [0.15, 0.2) is 30.6 Å². The standard InChI is InChI=1S/C27H27ClF4N6O9/c28-24-35-19(33)15-20(36-24)38(12-34-15)21-16(29)26(42)17(45-21)18(26)47-25(22(39)40,23(41)44-9-6-37-4-7-43-8-5-37)11-13-2-1-3-14(10-13)46-27(30,31)32/h1-3,10,12,16-18,21,42H,4-9,11H2,(H,39,40)(H2,33,35,36)/t16-,17-,18?,21-,25?,26+/m1/s1. The van der Waals surface area contributed by atoms with Crippen LogP contribution < -0.4 is 10.5 Å². The molecule has 6 atom stereocenters. The quantitative estimate of drug-likeness (QED) is 0.113. The highest BCUT2D eigenvalue weighted by Crippen LogP contribution is 2.58. The lowest BCUT2D eigenvalue weighted by atomic mass is 9.93. The predicted octanol–water partition coefficient (Wildman–Crippen LogP) is 1.27. The molecule has 3 aromatic rings. The Morgan fingerprint density at radius 2 is 1.96 bits per heavy atom. The van der Waals surface area contributed by atoms with Crippen molar-refractivity contribution in [1.82, 2.24) is 24.4 Å². The average molecular weight is 691 g/mol. The number of hydrogen-bond donors (Lipinski definition) is 3. The summed E-state index contributed by atoms with van der Waals surface area (Å²) in [6.07, 6.45) is -11.8. The number of carboxylic acid groups (broad SMARTS) is 1. The molecule has 6 rings (SSSR count).